The minimum atomic E-state index is -0.889. The molecule has 2 aromatic carbocycles. The number of rotatable bonds is 7. The van der Waals surface area contributed by atoms with Gasteiger partial charge < -0.3 is 10.1 Å². The normalized spacial score (nSPS) is 10.5. The minimum Gasteiger partial charge on any atom is -0.495 e. The fourth-order valence-corrected chi connectivity index (χ4v) is 2.24. The van der Waals surface area contributed by atoms with Crippen LogP contribution in [-0.4, -0.2) is 23.8 Å². The lowest BCUT2D eigenvalue weighted by molar-refractivity contribution is -0.384. The lowest BCUT2D eigenvalue weighted by Gasteiger charge is -2.08. The number of anilines is 1. The van der Waals surface area contributed by atoms with Crippen LogP contribution >= 0.6 is 0 Å². The largest absolute Gasteiger partial charge is 0.495 e. The van der Waals surface area contributed by atoms with E-state index in [1.165, 1.54) is 25.3 Å². The van der Waals surface area contributed by atoms with Gasteiger partial charge in [0.05, 0.1) is 24.1 Å². The van der Waals surface area contributed by atoms with E-state index in [9.17, 15) is 25.0 Å². The monoisotopic (exact) mass is 380 g/mol. The van der Waals surface area contributed by atoms with Gasteiger partial charge in [-0.05, 0) is 11.6 Å². The van der Waals surface area contributed by atoms with Crippen LogP contribution in [0.2, 0.25) is 0 Å². The van der Waals surface area contributed by atoms with Crippen LogP contribution < -0.4 is 15.4 Å². The molecule has 0 aliphatic heterocycles. The van der Waals surface area contributed by atoms with Crippen molar-refractivity contribution in [1.29, 1.82) is 5.26 Å². The Morgan fingerprint density at radius 2 is 1.96 bits per heavy atom. The number of nitrogens with one attached hydrogen (secondary N) is 2. The van der Waals surface area contributed by atoms with Gasteiger partial charge in [0.1, 0.15) is 17.4 Å². The molecule has 142 valence electrons. The van der Waals surface area contributed by atoms with Crippen LogP contribution in [0.4, 0.5) is 11.4 Å². The second-order valence-electron chi connectivity index (χ2n) is 5.50. The van der Waals surface area contributed by atoms with E-state index in [-0.39, 0.29) is 29.1 Å². The molecule has 0 atom stereocenters. The Hall–Kier alpha value is -4.19. The fraction of sp³-hybridized carbons (Fsp3) is 0.105. The first-order valence-electron chi connectivity index (χ1n) is 8.02. The summed E-state index contributed by atoms with van der Waals surface area (Å²) in [6, 6.07) is 14.3. The van der Waals surface area contributed by atoms with Gasteiger partial charge in [-0.25, -0.2) is 0 Å². The van der Waals surface area contributed by atoms with Gasteiger partial charge >= 0.3 is 0 Å². The smallest absolute Gasteiger partial charge is 0.271 e. The van der Waals surface area contributed by atoms with Crippen LogP contribution in [0.1, 0.15) is 5.56 Å². The fourth-order valence-electron chi connectivity index (χ4n) is 2.24. The number of ether oxygens (including phenoxy) is 1. The zero-order chi connectivity index (χ0) is 20.5. The molecule has 0 aliphatic carbocycles. The molecule has 0 heterocycles. The van der Waals surface area contributed by atoms with Gasteiger partial charge in [0.2, 0.25) is 5.91 Å². The second kappa shape index (κ2) is 9.49. The molecule has 0 unspecified atom stereocenters. The van der Waals surface area contributed by atoms with Crippen molar-refractivity contribution >= 4 is 23.2 Å². The Balaban J connectivity index is 2.10. The number of hydrogen-bond acceptors (Lipinski definition) is 7. The number of carbonyl (C=O) groups is 2. The second-order valence-corrected chi connectivity index (χ2v) is 5.50. The number of methoxy groups -OCH3 is 1. The van der Waals surface area contributed by atoms with E-state index < -0.39 is 16.7 Å². The molecular weight excluding hydrogens is 364 g/mol. The number of nitrogens with zero attached hydrogens (tertiary/aromatic N) is 2. The Kier molecular flexibility index (Phi) is 6.82. The van der Waals surface area contributed by atoms with Gasteiger partial charge in [0.25, 0.3) is 11.6 Å². The number of nitro benzene ring substituents is 1. The van der Waals surface area contributed by atoms with E-state index in [2.05, 4.69) is 10.6 Å². The number of amides is 2. The first-order valence-corrected chi connectivity index (χ1v) is 8.02. The minimum absolute atomic E-state index is 0.0164. The molecule has 2 amide bonds. The Morgan fingerprint density at radius 3 is 2.57 bits per heavy atom. The average Bonchev–Trinajstić information content (AvgIpc) is 2.68. The zero-order valence-electron chi connectivity index (χ0n) is 14.8. The molecule has 9 heteroatoms. The molecular formula is C19H16N4O5. The number of nitro groups is 1. The SMILES string of the molecule is COc1ccc([N+](=O)[O-])cc1N/C=C(/C#N)C(=O)NC(=O)Cc1ccccc1. The summed E-state index contributed by atoms with van der Waals surface area (Å²) in [6.45, 7) is 0. The average molecular weight is 380 g/mol. The van der Waals surface area contributed by atoms with Crippen LogP contribution in [0.15, 0.2) is 60.3 Å². The lowest BCUT2D eigenvalue weighted by atomic mass is 10.1. The van der Waals surface area contributed by atoms with E-state index in [0.717, 1.165) is 11.8 Å². The van der Waals surface area contributed by atoms with Crippen molar-refractivity contribution in [3.8, 4) is 11.8 Å². The van der Waals surface area contributed by atoms with E-state index in [1.54, 1.807) is 36.4 Å². The van der Waals surface area contributed by atoms with Crippen molar-refractivity contribution < 1.29 is 19.2 Å². The molecule has 0 bridgehead atoms. The topological polar surface area (TPSA) is 134 Å². The summed E-state index contributed by atoms with van der Waals surface area (Å²) in [4.78, 5) is 34.4. The highest BCUT2D eigenvalue weighted by molar-refractivity contribution is 6.07. The van der Waals surface area contributed by atoms with Gasteiger partial charge in [-0.15, -0.1) is 0 Å². The maximum absolute atomic E-state index is 12.1. The van der Waals surface area contributed by atoms with Crippen molar-refractivity contribution in [2.45, 2.75) is 6.42 Å². The summed E-state index contributed by atoms with van der Waals surface area (Å²) < 4.78 is 5.09. The molecule has 0 saturated heterocycles. The van der Waals surface area contributed by atoms with Crippen molar-refractivity contribution in [2.24, 2.45) is 0 Å². The van der Waals surface area contributed by atoms with Crippen molar-refractivity contribution in [1.82, 2.24) is 5.32 Å². The van der Waals surface area contributed by atoms with Crippen molar-refractivity contribution in [3.05, 3.63) is 76.0 Å². The summed E-state index contributed by atoms with van der Waals surface area (Å²) in [5.41, 5.74) is 0.329. The van der Waals surface area contributed by atoms with Crippen LogP contribution in [0.3, 0.4) is 0 Å². The highest BCUT2D eigenvalue weighted by atomic mass is 16.6. The number of benzene rings is 2. The molecule has 0 spiro atoms. The van der Waals surface area contributed by atoms with Gasteiger partial charge in [-0.3, -0.25) is 25.0 Å². The lowest BCUT2D eigenvalue weighted by Crippen LogP contribution is -2.32. The third-order valence-electron chi connectivity index (χ3n) is 3.59. The van der Waals surface area contributed by atoms with E-state index in [4.69, 9.17) is 4.74 Å². The zero-order valence-corrected chi connectivity index (χ0v) is 14.8. The molecule has 2 rings (SSSR count). The molecule has 2 N–H and O–H groups in total. The summed E-state index contributed by atoms with van der Waals surface area (Å²) in [5, 5.41) is 24.8. The molecule has 0 radical (unpaired) electrons. The predicted molar refractivity (Wildman–Crippen MR) is 100 cm³/mol. The highest BCUT2D eigenvalue weighted by Crippen LogP contribution is 2.28. The third kappa shape index (κ3) is 5.40. The van der Waals surface area contributed by atoms with Gasteiger partial charge in [-0.1, -0.05) is 30.3 Å². The standard InChI is InChI=1S/C19H16N4O5/c1-28-17-8-7-15(23(26)27)10-16(17)21-12-14(11-20)19(25)22-18(24)9-13-5-3-2-4-6-13/h2-8,10,12,21H,9H2,1H3,(H,22,24,25)/b14-12-. The van der Waals surface area contributed by atoms with E-state index in [0.29, 0.717) is 0 Å². The molecule has 0 aromatic heterocycles. The quantitative estimate of drug-likeness (QED) is 0.326. The maximum atomic E-state index is 12.1. The number of carbonyl (C=O) groups excluding carboxylic acids is 2. The Morgan fingerprint density at radius 1 is 1.25 bits per heavy atom. The molecule has 28 heavy (non-hydrogen) atoms. The molecule has 0 fully saturated rings. The van der Waals surface area contributed by atoms with Crippen LogP contribution in [0, 0.1) is 21.4 Å². The van der Waals surface area contributed by atoms with Crippen molar-refractivity contribution in [3.63, 3.8) is 0 Å². The highest BCUT2D eigenvalue weighted by Gasteiger charge is 2.15. The molecule has 2 aromatic rings. The third-order valence-corrected chi connectivity index (χ3v) is 3.59. The van der Waals surface area contributed by atoms with Gasteiger partial charge in [0, 0.05) is 18.3 Å². The number of non-ortho nitro benzene ring substituents is 1. The van der Waals surface area contributed by atoms with Gasteiger partial charge in [0.15, 0.2) is 0 Å². The van der Waals surface area contributed by atoms with E-state index in [1.807, 2.05) is 0 Å². The number of nitriles is 1. The van der Waals surface area contributed by atoms with Crippen LogP contribution in [0.5, 0.6) is 5.75 Å². The summed E-state index contributed by atoms with van der Waals surface area (Å²) >= 11 is 0. The Bertz CT molecular complexity index is 964. The van der Waals surface area contributed by atoms with Crippen molar-refractivity contribution in [2.75, 3.05) is 12.4 Å². The van der Waals surface area contributed by atoms with Gasteiger partial charge in [-0.2, -0.15) is 5.26 Å². The first kappa shape index (κ1) is 20.1. The molecule has 9 nitrogen and oxygen atoms in total. The molecule has 0 aliphatic rings. The van der Waals surface area contributed by atoms with E-state index >= 15 is 0 Å². The summed E-state index contributed by atoms with van der Waals surface area (Å²) in [6.07, 6.45) is 1.03. The predicted octanol–water partition coefficient (Wildman–Crippen LogP) is 2.31. The number of hydrogen-bond donors (Lipinski definition) is 2. The first-order chi connectivity index (χ1) is 13.4. The Labute approximate surface area is 160 Å². The van der Waals surface area contributed by atoms with Crippen LogP contribution in [-0.2, 0) is 16.0 Å². The maximum Gasteiger partial charge on any atom is 0.271 e. The van der Waals surface area contributed by atoms with Crippen LogP contribution in [0.25, 0.3) is 0 Å². The summed E-state index contributed by atoms with van der Waals surface area (Å²) in [5.74, 6) is -1.18. The molecule has 0 saturated carbocycles. The number of imide groups is 1. The summed E-state index contributed by atoms with van der Waals surface area (Å²) in [7, 11) is 1.37.